The van der Waals surface area contributed by atoms with Gasteiger partial charge in [0, 0.05) is 23.8 Å². The van der Waals surface area contributed by atoms with Crippen LogP contribution < -0.4 is 0 Å². The van der Waals surface area contributed by atoms with Gasteiger partial charge in [-0.25, -0.2) is 13.2 Å². The molecule has 1 aliphatic heterocycles. The quantitative estimate of drug-likeness (QED) is 0.799. The average Bonchev–Trinajstić information content (AvgIpc) is 2.83. The Morgan fingerprint density at radius 1 is 1.35 bits per heavy atom. The first-order valence-corrected chi connectivity index (χ1v) is 8.80. The van der Waals surface area contributed by atoms with Crippen LogP contribution >= 0.6 is 10.7 Å². The highest BCUT2D eigenvalue weighted by molar-refractivity contribution is 8.13. The third-order valence-corrected chi connectivity index (χ3v) is 4.43. The second kappa shape index (κ2) is 6.45. The molecule has 1 saturated heterocycles. The van der Waals surface area contributed by atoms with Gasteiger partial charge in [0.1, 0.15) is 6.61 Å². The van der Waals surface area contributed by atoms with E-state index in [1.165, 1.54) is 4.90 Å². The molecule has 1 aliphatic rings. The third kappa shape index (κ3) is 4.68. The first kappa shape index (κ1) is 15.1. The number of hydrogen-bond donors (Lipinski definition) is 0. The fourth-order valence-corrected chi connectivity index (χ4v) is 3.60. The summed E-state index contributed by atoms with van der Waals surface area (Å²) in [6.45, 7) is 1.10. The van der Waals surface area contributed by atoms with Gasteiger partial charge in [0.2, 0.25) is 9.05 Å². The van der Waals surface area contributed by atoms with Crippen LogP contribution in [0.15, 0.2) is 30.3 Å². The number of carbonyl (C=O) groups excluding carboxylic acids is 1. The molecule has 1 aromatic rings. The number of ether oxygens (including phenoxy) is 1. The van der Waals surface area contributed by atoms with Gasteiger partial charge in [0.15, 0.2) is 0 Å². The molecule has 110 valence electrons. The van der Waals surface area contributed by atoms with E-state index in [1.807, 2.05) is 30.3 Å². The van der Waals surface area contributed by atoms with Crippen molar-refractivity contribution in [3.8, 4) is 0 Å². The Labute approximate surface area is 122 Å². The van der Waals surface area contributed by atoms with Gasteiger partial charge in [0.25, 0.3) is 0 Å². The Morgan fingerprint density at radius 2 is 2.05 bits per heavy atom. The van der Waals surface area contributed by atoms with E-state index in [1.54, 1.807) is 0 Å². The Morgan fingerprint density at radius 3 is 2.70 bits per heavy atom. The van der Waals surface area contributed by atoms with Crippen LogP contribution in [-0.4, -0.2) is 38.3 Å². The topological polar surface area (TPSA) is 63.7 Å². The molecule has 1 amide bonds. The molecule has 1 aromatic carbocycles. The number of rotatable bonds is 4. The third-order valence-electron chi connectivity index (χ3n) is 3.18. The second-order valence-corrected chi connectivity index (χ2v) is 7.67. The van der Waals surface area contributed by atoms with E-state index in [0.717, 1.165) is 5.56 Å². The van der Waals surface area contributed by atoms with E-state index in [9.17, 15) is 13.2 Å². The van der Waals surface area contributed by atoms with Crippen LogP contribution in [0, 0.1) is 5.92 Å². The Kier molecular flexibility index (Phi) is 4.88. The van der Waals surface area contributed by atoms with Gasteiger partial charge in [-0.1, -0.05) is 30.3 Å². The molecule has 1 heterocycles. The average molecular weight is 318 g/mol. The summed E-state index contributed by atoms with van der Waals surface area (Å²) < 4.78 is 27.2. The fourth-order valence-electron chi connectivity index (χ4n) is 2.23. The minimum absolute atomic E-state index is 0.100. The van der Waals surface area contributed by atoms with Crippen LogP contribution in [-0.2, 0) is 20.4 Å². The van der Waals surface area contributed by atoms with E-state index < -0.39 is 15.1 Å². The Bertz CT molecular complexity index is 561. The van der Waals surface area contributed by atoms with Crippen molar-refractivity contribution >= 4 is 25.8 Å². The molecule has 0 aromatic heterocycles. The smallest absolute Gasteiger partial charge is 0.410 e. The zero-order chi connectivity index (χ0) is 14.6. The number of likely N-dealkylation sites (tertiary alicyclic amines) is 1. The van der Waals surface area contributed by atoms with Gasteiger partial charge in [-0.15, -0.1) is 0 Å². The molecule has 0 aliphatic carbocycles. The van der Waals surface area contributed by atoms with Crippen molar-refractivity contribution in [2.75, 3.05) is 18.8 Å². The van der Waals surface area contributed by atoms with Crippen molar-refractivity contribution in [2.24, 2.45) is 5.92 Å². The molecule has 1 unspecified atom stereocenters. The summed E-state index contributed by atoms with van der Waals surface area (Å²) in [5.74, 6) is -0.210. The second-order valence-electron chi connectivity index (χ2n) is 4.85. The van der Waals surface area contributed by atoms with E-state index in [0.29, 0.717) is 19.5 Å². The predicted octanol–water partition coefficient (Wildman–Crippen LogP) is 2.21. The first-order valence-electron chi connectivity index (χ1n) is 6.32. The summed E-state index contributed by atoms with van der Waals surface area (Å²) in [4.78, 5) is 13.4. The van der Waals surface area contributed by atoms with Gasteiger partial charge >= 0.3 is 6.09 Å². The summed E-state index contributed by atoms with van der Waals surface area (Å²) in [6.07, 6.45) is 0.218. The standard InChI is InChI=1S/C13H16ClNO4S/c14-20(17,18)10-12-6-7-15(8-12)13(16)19-9-11-4-2-1-3-5-11/h1-5,12H,6-10H2. The Hall–Kier alpha value is -1.27. The van der Waals surface area contributed by atoms with Gasteiger partial charge in [-0.05, 0) is 17.9 Å². The van der Waals surface area contributed by atoms with Crippen LogP contribution in [0.5, 0.6) is 0 Å². The lowest BCUT2D eigenvalue weighted by Gasteiger charge is -2.16. The number of nitrogens with zero attached hydrogens (tertiary/aromatic N) is 1. The van der Waals surface area contributed by atoms with Crippen molar-refractivity contribution in [1.29, 1.82) is 0 Å². The highest BCUT2D eigenvalue weighted by Crippen LogP contribution is 2.20. The van der Waals surface area contributed by atoms with Crippen LogP contribution in [0.2, 0.25) is 0 Å². The molecule has 2 rings (SSSR count). The monoisotopic (exact) mass is 317 g/mol. The van der Waals surface area contributed by atoms with Crippen LogP contribution in [0.3, 0.4) is 0 Å². The molecular weight excluding hydrogens is 302 g/mol. The zero-order valence-corrected chi connectivity index (χ0v) is 12.4. The van der Waals surface area contributed by atoms with E-state index in [-0.39, 0.29) is 18.3 Å². The molecule has 0 spiro atoms. The molecule has 0 radical (unpaired) electrons. The largest absolute Gasteiger partial charge is 0.445 e. The maximum absolute atomic E-state index is 11.9. The van der Waals surface area contributed by atoms with Crippen LogP contribution in [0.1, 0.15) is 12.0 Å². The lowest BCUT2D eigenvalue weighted by atomic mass is 10.2. The molecule has 7 heteroatoms. The van der Waals surface area contributed by atoms with Crippen LogP contribution in [0.4, 0.5) is 4.79 Å². The maximum Gasteiger partial charge on any atom is 0.410 e. The molecule has 5 nitrogen and oxygen atoms in total. The van der Waals surface area contributed by atoms with Crippen LogP contribution in [0.25, 0.3) is 0 Å². The van der Waals surface area contributed by atoms with Crippen molar-refractivity contribution in [2.45, 2.75) is 13.0 Å². The predicted molar refractivity (Wildman–Crippen MR) is 75.9 cm³/mol. The van der Waals surface area contributed by atoms with Crippen molar-refractivity contribution < 1.29 is 17.9 Å². The van der Waals surface area contributed by atoms with E-state index >= 15 is 0 Å². The molecule has 1 fully saturated rings. The normalized spacial score (nSPS) is 19.1. The summed E-state index contributed by atoms with van der Waals surface area (Å²) in [5, 5.41) is 0. The summed E-state index contributed by atoms with van der Waals surface area (Å²) in [6, 6.07) is 9.39. The molecule has 0 N–H and O–H groups in total. The number of benzene rings is 1. The van der Waals surface area contributed by atoms with Gasteiger partial charge in [-0.2, -0.15) is 0 Å². The summed E-state index contributed by atoms with van der Waals surface area (Å²) in [7, 11) is 1.70. The lowest BCUT2D eigenvalue weighted by molar-refractivity contribution is 0.103. The van der Waals surface area contributed by atoms with Crippen molar-refractivity contribution in [3.63, 3.8) is 0 Å². The number of carbonyl (C=O) groups is 1. The molecular formula is C13H16ClNO4S. The molecule has 20 heavy (non-hydrogen) atoms. The number of hydrogen-bond acceptors (Lipinski definition) is 4. The highest BCUT2D eigenvalue weighted by atomic mass is 35.7. The van der Waals surface area contributed by atoms with Crippen molar-refractivity contribution in [3.05, 3.63) is 35.9 Å². The fraction of sp³-hybridized carbons (Fsp3) is 0.462. The molecule has 0 saturated carbocycles. The maximum atomic E-state index is 11.9. The van der Waals surface area contributed by atoms with Crippen molar-refractivity contribution in [1.82, 2.24) is 4.90 Å². The minimum atomic E-state index is -3.52. The van der Waals surface area contributed by atoms with E-state index in [2.05, 4.69) is 0 Å². The summed E-state index contributed by atoms with van der Waals surface area (Å²) >= 11 is 0. The van der Waals surface area contributed by atoms with Gasteiger partial charge in [-0.3, -0.25) is 0 Å². The SMILES string of the molecule is O=C(OCc1ccccc1)N1CCC(CS(=O)(=O)Cl)C1. The first-order chi connectivity index (χ1) is 9.44. The highest BCUT2D eigenvalue weighted by Gasteiger charge is 2.29. The molecule has 0 bridgehead atoms. The Balaban J connectivity index is 1.80. The number of halogens is 1. The van der Waals surface area contributed by atoms with Gasteiger partial charge in [0.05, 0.1) is 5.75 Å². The lowest BCUT2D eigenvalue weighted by Crippen LogP contribution is -2.30. The minimum Gasteiger partial charge on any atom is -0.445 e. The van der Waals surface area contributed by atoms with Gasteiger partial charge < -0.3 is 9.64 Å². The summed E-state index contributed by atoms with van der Waals surface area (Å²) in [5.41, 5.74) is 0.917. The number of amides is 1. The zero-order valence-electron chi connectivity index (χ0n) is 10.9. The molecule has 1 atom stereocenters. The van der Waals surface area contributed by atoms with E-state index in [4.69, 9.17) is 15.4 Å².